The zero-order chi connectivity index (χ0) is 12.0. The van der Waals surface area contributed by atoms with Crippen molar-refractivity contribution in [3.8, 4) is 6.07 Å². The van der Waals surface area contributed by atoms with E-state index in [1.54, 1.807) is 18.2 Å². The number of halogens is 1. The van der Waals surface area contributed by atoms with Crippen LogP contribution in [0.3, 0.4) is 0 Å². The molecule has 1 aromatic carbocycles. The van der Waals surface area contributed by atoms with Crippen LogP contribution in [-0.4, -0.2) is 12.5 Å². The fourth-order valence-corrected chi connectivity index (χ4v) is 1.64. The van der Waals surface area contributed by atoms with E-state index in [4.69, 9.17) is 11.0 Å². The third-order valence-electron chi connectivity index (χ3n) is 1.98. The van der Waals surface area contributed by atoms with Crippen LogP contribution in [0, 0.1) is 11.3 Å². The zero-order valence-corrected chi connectivity index (χ0v) is 10.3. The van der Waals surface area contributed by atoms with E-state index >= 15 is 0 Å². The van der Waals surface area contributed by atoms with Crippen LogP contribution in [0.2, 0.25) is 0 Å². The second-order valence-corrected chi connectivity index (χ2v) is 4.10. The van der Waals surface area contributed by atoms with E-state index in [0.717, 1.165) is 0 Å². The van der Waals surface area contributed by atoms with Gasteiger partial charge in [0.25, 0.3) is 0 Å². The molecule has 0 radical (unpaired) electrons. The quantitative estimate of drug-likeness (QED) is 0.886. The van der Waals surface area contributed by atoms with Gasteiger partial charge in [-0.2, -0.15) is 5.26 Å². The number of nitrogens with one attached hydrogen (secondary N) is 1. The van der Waals surface area contributed by atoms with E-state index in [2.05, 4.69) is 21.2 Å². The van der Waals surface area contributed by atoms with Crippen molar-refractivity contribution < 1.29 is 4.79 Å². The lowest BCUT2D eigenvalue weighted by atomic mass is 10.2. The van der Waals surface area contributed by atoms with E-state index in [0.29, 0.717) is 35.1 Å². The maximum absolute atomic E-state index is 11.4. The first kappa shape index (κ1) is 12.7. The summed E-state index contributed by atoms with van der Waals surface area (Å²) in [5, 5.41) is 11.4. The van der Waals surface area contributed by atoms with Gasteiger partial charge in [0, 0.05) is 10.9 Å². The Bertz CT molecular complexity index is 426. The molecule has 0 saturated heterocycles. The average molecular weight is 282 g/mol. The smallest absolute Gasteiger partial charge is 0.224 e. The fourth-order valence-electron chi connectivity index (χ4n) is 1.16. The van der Waals surface area contributed by atoms with E-state index in [-0.39, 0.29) is 5.91 Å². The Hall–Kier alpha value is -1.38. The average Bonchev–Trinajstić information content (AvgIpc) is 2.29. The summed E-state index contributed by atoms with van der Waals surface area (Å²) in [5.41, 5.74) is 6.53. The predicted molar refractivity (Wildman–Crippen MR) is 65.8 cm³/mol. The molecule has 0 aliphatic carbocycles. The molecule has 0 spiro atoms. The van der Waals surface area contributed by atoms with Crippen LogP contribution < -0.4 is 11.1 Å². The largest absolute Gasteiger partial charge is 0.330 e. The van der Waals surface area contributed by atoms with Crippen molar-refractivity contribution in [2.24, 2.45) is 5.73 Å². The first-order valence-corrected chi connectivity index (χ1v) is 5.66. The van der Waals surface area contributed by atoms with Crippen LogP contribution in [-0.2, 0) is 4.79 Å². The molecule has 4 nitrogen and oxygen atoms in total. The number of carbonyl (C=O) groups is 1. The molecule has 84 valence electrons. The van der Waals surface area contributed by atoms with Crippen LogP contribution in [0.1, 0.15) is 18.4 Å². The number of anilines is 1. The van der Waals surface area contributed by atoms with Crippen molar-refractivity contribution in [3.05, 3.63) is 28.2 Å². The van der Waals surface area contributed by atoms with Gasteiger partial charge in [-0.3, -0.25) is 4.79 Å². The summed E-state index contributed by atoms with van der Waals surface area (Å²) in [6.45, 7) is 0.502. The molecular weight excluding hydrogens is 270 g/mol. The molecule has 5 heteroatoms. The van der Waals surface area contributed by atoms with Crippen molar-refractivity contribution >= 4 is 27.5 Å². The van der Waals surface area contributed by atoms with Gasteiger partial charge in [0.15, 0.2) is 0 Å². The Morgan fingerprint density at radius 2 is 2.31 bits per heavy atom. The molecule has 0 aliphatic rings. The number of hydrogen-bond acceptors (Lipinski definition) is 3. The lowest BCUT2D eigenvalue weighted by Crippen LogP contribution is -2.13. The lowest BCUT2D eigenvalue weighted by Gasteiger charge is -2.06. The van der Waals surface area contributed by atoms with Gasteiger partial charge in [0.05, 0.1) is 17.3 Å². The monoisotopic (exact) mass is 281 g/mol. The van der Waals surface area contributed by atoms with Gasteiger partial charge in [-0.1, -0.05) is 0 Å². The highest BCUT2D eigenvalue weighted by atomic mass is 79.9. The molecule has 0 fully saturated rings. The van der Waals surface area contributed by atoms with Crippen LogP contribution in [0.25, 0.3) is 0 Å². The maximum atomic E-state index is 11.4. The SMILES string of the molecule is N#Cc1ccc(NC(=O)CCCN)c(Br)c1. The number of nitriles is 1. The van der Waals surface area contributed by atoms with E-state index in [9.17, 15) is 4.79 Å². The fraction of sp³-hybridized carbons (Fsp3) is 0.273. The van der Waals surface area contributed by atoms with Crippen LogP contribution >= 0.6 is 15.9 Å². The molecule has 1 aromatic rings. The number of rotatable bonds is 4. The third-order valence-corrected chi connectivity index (χ3v) is 2.64. The Balaban J connectivity index is 2.68. The molecule has 1 amide bonds. The van der Waals surface area contributed by atoms with E-state index in [1.807, 2.05) is 6.07 Å². The van der Waals surface area contributed by atoms with Gasteiger partial charge >= 0.3 is 0 Å². The molecule has 0 aromatic heterocycles. The van der Waals surface area contributed by atoms with Crippen molar-refractivity contribution in [2.45, 2.75) is 12.8 Å². The normalized spacial score (nSPS) is 9.56. The molecule has 3 N–H and O–H groups in total. The van der Waals surface area contributed by atoms with Crippen molar-refractivity contribution in [3.63, 3.8) is 0 Å². The van der Waals surface area contributed by atoms with Gasteiger partial charge in [0.2, 0.25) is 5.91 Å². The molecule has 0 aliphatic heterocycles. The molecule has 16 heavy (non-hydrogen) atoms. The summed E-state index contributed by atoms with van der Waals surface area (Å²) < 4.78 is 0.702. The topological polar surface area (TPSA) is 78.9 Å². The zero-order valence-electron chi connectivity index (χ0n) is 8.66. The van der Waals surface area contributed by atoms with Crippen LogP contribution in [0.4, 0.5) is 5.69 Å². The Morgan fingerprint density at radius 3 is 2.88 bits per heavy atom. The minimum Gasteiger partial charge on any atom is -0.330 e. The summed E-state index contributed by atoms with van der Waals surface area (Å²) in [7, 11) is 0. The number of carbonyl (C=O) groups excluding carboxylic acids is 1. The summed E-state index contributed by atoms with van der Waals surface area (Å²) >= 11 is 3.29. The highest BCUT2D eigenvalue weighted by Gasteiger charge is 2.05. The third kappa shape index (κ3) is 3.65. The van der Waals surface area contributed by atoms with Crippen LogP contribution in [0.15, 0.2) is 22.7 Å². The van der Waals surface area contributed by atoms with Gasteiger partial charge in [-0.15, -0.1) is 0 Å². The maximum Gasteiger partial charge on any atom is 0.224 e. The number of nitrogens with two attached hydrogens (primary N) is 1. The molecule has 0 saturated carbocycles. The molecule has 0 atom stereocenters. The van der Waals surface area contributed by atoms with Gasteiger partial charge < -0.3 is 11.1 Å². The first-order chi connectivity index (χ1) is 7.67. The van der Waals surface area contributed by atoms with Gasteiger partial charge in [-0.05, 0) is 47.1 Å². The lowest BCUT2D eigenvalue weighted by molar-refractivity contribution is -0.116. The van der Waals surface area contributed by atoms with Crippen molar-refractivity contribution in [1.82, 2.24) is 0 Å². The first-order valence-electron chi connectivity index (χ1n) is 4.87. The highest BCUT2D eigenvalue weighted by molar-refractivity contribution is 9.10. The summed E-state index contributed by atoms with van der Waals surface area (Å²) in [6, 6.07) is 7.04. The van der Waals surface area contributed by atoms with Crippen molar-refractivity contribution in [1.29, 1.82) is 5.26 Å². The Kier molecular flexibility index (Phi) is 4.96. The molecule has 1 rings (SSSR count). The van der Waals surface area contributed by atoms with Crippen LogP contribution in [0.5, 0.6) is 0 Å². The summed E-state index contributed by atoms with van der Waals surface area (Å²) in [6.07, 6.45) is 1.07. The number of benzene rings is 1. The second-order valence-electron chi connectivity index (χ2n) is 3.25. The number of hydrogen-bond donors (Lipinski definition) is 2. The van der Waals surface area contributed by atoms with E-state index in [1.165, 1.54) is 0 Å². The molecule has 0 bridgehead atoms. The second kappa shape index (κ2) is 6.26. The van der Waals surface area contributed by atoms with Gasteiger partial charge in [-0.25, -0.2) is 0 Å². The minimum atomic E-state index is -0.0733. The molecular formula is C11H12BrN3O. The summed E-state index contributed by atoms with van der Waals surface area (Å²) in [5.74, 6) is -0.0733. The molecule has 0 unspecified atom stereocenters. The highest BCUT2D eigenvalue weighted by Crippen LogP contribution is 2.23. The predicted octanol–water partition coefficient (Wildman–Crippen LogP) is 2.00. The number of amides is 1. The van der Waals surface area contributed by atoms with Gasteiger partial charge in [0.1, 0.15) is 0 Å². The Labute approximate surface area is 103 Å². The van der Waals surface area contributed by atoms with Crippen molar-refractivity contribution in [2.75, 3.05) is 11.9 Å². The minimum absolute atomic E-state index is 0.0733. The standard InChI is InChI=1S/C11H12BrN3O/c12-9-6-8(7-14)3-4-10(9)15-11(16)2-1-5-13/h3-4,6H,1-2,5,13H2,(H,15,16). The molecule has 0 heterocycles. The number of nitrogens with zero attached hydrogens (tertiary/aromatic N) is 1. The van der Waals surface area contributed by atoms with E-state index < -0.39 is 0 Å². The Morgan fingerprint density at radius 1 is 1.56 bits per heavy atom. The summed E-state index contributed by atoms with van der Waals surface area (Å²) in [4.78, 5) is 11.4.